The predicted molar refractivity (Wildman–Crippen MR) is 245 cm³/mol. The average molecular weight is 826 g/mol. The summed E-state index contributed by atoms with van der Waals surface area (Å²) in [7, 11) is 0. The molecule has 7 N–H and O–H groups in total. The van der Waals surface area contributed by atoms with Crippen molar-refractivity contribution in [3.05, 3.63) is 12.2 Å². The number of hydrogen-bond donors (Lipinski definition) is 7. The maximum absolute atomic E-state index is 12.6. The molecule has 0 aliphatic carbocycles. The summed E-state index contributed by atoms with van der Waals surface area (Å²) in [6.07, 6.45) is 42.5. The van der Waals surface area contributed by atoms with E-state index in [0.29, 0.717) is 12.8 Å². The lowest BCUT2D eigenvalue weighted by atomic mass is 9.94. The minimum absolute atomic E-state index is 0.278. The minimum Gasteiger partial charge on any atom is -0.394 e. The monoisotopic (exact) mass is 826 g/mol. The highest BCUT2D eigenvalue weighted by Gasteiger charge is 2.35. The molecule has 58 heavy (non-hydrogen) atoms. The number of hydrogen-bond acceptors (Lipinski definition) is 7. The lowest BCUT2D eigenvalue weighted by molar-refractivity contribution is -0.137. The van der Waals surface area contributed by atoms with Gasteiger partial charge >= 0.3 is 0 Å². The molecule has 0 aliphatic rings. The third-order valence-corrected chi connectivity index (χ3v) is 12.2. The average Bonchev–Trinajstić information content (AvgIpc) is 3.23. The number of allylic oxidation sites excluding steroid dienone is 2. The molecule has 0 aromatic carbocycles. The fourth-order valence-electron chi connectivity index (χ4n) is 8.03. The Morgan fingerprint density at radius 3 is 1.10 bits per heavy atom. The zero-order valence-electron chi connectivity index (χ0n) is 38.3. The van der Waals surface area contributed by atoms with Crippen LogP contribution in [0.15, 0.2) is 12.2 Å². The number of unbranched alkanes of at least 4 members (excludes halogenated alkanes) is 33. The van der Waals surface area contributed by atoms with E-state index in [1.807, 2.05) is 0 Å². The smallest absolute Gasteiger partial charge is 0.249 e. The van der Waals surface area contributed by atoms with Gasteiger partial charge in [-0.3, -0.25) is 4.79 Å². The van der Waals surface area contributed by atoms with Crippen molar-refractivity contribution >= 4 is 5.91 Å². The Labute approximate surface area is 358 Å². The Balaban J connectivity index is 3.84. The molecular formula is C50H99NO7. The molecule has 6 atom stereocenters. The second-order valence-corrected chi connectivity index (χ2v) is 17.8. The van der Waals surface area contributed by atoms with Gasteiger partial charge in [0.2, 0.25) is 5.91 Å². The van der Waals surface area contributed by atoms with E-state index in [-0.39, 0.29) is 12.8 Å². The summed E-state index contributed by atoms with van der Waals surface area (Å²) in [5, 5.41) is 64.7. The van der Waals surface area contributed by atoms with Gasteiger partial charge in [0.1, 0.15) is 24.4 Å². The molecular weight excluding hydrogens is 727 g/mol. The first-order valence-corrected chi connectivity index (χ1v) is 25.3. The summed E-state index contributed by atoms with van der Waals surface area (Å²) < 4.78 is 0. The molecule has 0 aromatic rings. The molecule has 8 nitrogen and oxygen atoms in total. The predicted octanol–water partition coefficient (Wildman–Crippen LogP) is 11.7. The van der Waals surface area contributed by atoms with Gasteiger partial charge in [-0.2, -0.15) is 0 Å². The van der Waals surface area contributed by atoms with E-state index in [9.17, 15) is 35.4 Å². The standard InChI is InChI=1S/C50H99NO7/c1-3-5-7-9-11-13-15-17-19-21-22-23-24-25-26-28-30-32-34-36-38-40-42-46(54)50(58)51-44(43-52)47(55)49(57)48(56)45(53)41-39-37-35-33-31-29-27-20-18-16-14-12-10-8-6-4-2/h12,14,44-49,52-57H,3-11,13,15-43H2,1-2H3,(H,51,58). The van der Waals surface area contributed by atoms with Crippen LogP contribution >= 0.6 is 0 Å². The van der Waals surface area contributed by atoms with Gasteiger partial charge in [-0.1, -0.05) is 231 Å². The van der Waals surface area contributed by atoms with Gasteiger partial charge < -0.3 is 36.0 Å². The number of carbonyl (C=O) groups is 1. The van der Waals surface area contributed by atoms with Crippen LogP contribution < -0.4 is 5.32 Å². The molecule has 0 saturated heterocycles. The SMILES string of the molecule is CCCCCC=CCCCCCCCCCCCC(O)C(O)C(O)C(O)C(CO)NC(=O)C(O)CCCCCCCCCCCCCCCCCCCCCCCC. The second kappa shape index (κ2) is 44.0. The van der Waals surface area contributed by atoms with Gasteiger partial charge in [-0.15, -0.1) is 0 Å². The molecule has 0 radical (unpaired) electrons. The molecule has 0 aromatic heterocycles. The fourth-order valence-corrected chi connectivity index (χ4v) is 8.03. The number of nitrogens with one attached hydrogen (secondary N) is 1. The molecule has 6 unspecified atom stereocenters. The van der Waals surface area contributed by atoms with Crippen molar-refractivity contribution in [2.24, 2.45) is 0 Å². The summed E-state index contributed by atoms with van der Waals surface area (Å²) in [6, 6.07) is -1.28. The van der Waals surface area contributed by atoms with E-state index in [4.69, 9.17) is 0 Å². The highest BCUT2D eigenvalue weighted by atomic mass is 16.4. The third-order valence-electron chi connectivity index (χ3n) is 12.2. The number of rotatable bonds is 46. The molecule has 0 rings (SSSR count). The Morgan fingerprint density at radius 2 is 0.724 bits per heavy atom. The molecule has 8 heteroatoms. The Hall–Kier alpha value is -1.03. The summed E-state index contributed by atoms with van der Waals surface area (Å²) >= 11 is 0. The van der Waals surface area contributed by atoms with Crippen LogP contribution in [0.1, 0.15) is 258 Å². The minimum atomic E-state index is -1.76. The maximum atomic E-state index is 12.6. The normalized spacial score (nSPS) is 15.1. The summed E-state index contributed by atoms with van der Waals surface area (Å²) in [4.78, 5) is 12.6. The van der Waals surface area contributed by atoms with Crippen molar-refractivity contribution in [3.8, 4) is 0 Å². The number of carbonyl (C=O) groups excluding carboxylic acids is 1. The van der Waals surface area contributed by atoms with Gasteiger partial charge in [0.25, 0.3) is 0 Å². The van der Waals surface area contributed by atoms with Gasteiger partial charge in [-0.25, -0.2) is 0 Å². The van der Waals surface area contributed by atoms with E-state index in [0.717, 1.165) is 38.5 Å². The summed E-state index contributed by atoms with van der Waals surface area (Å²) in [5.41, 5.74) is 0. The van der Waals surface area contributed by atoms with Crippen LogP contribution in [0.25, 0.3) is 0 Å². The third kappa shape index (κ3) is 35.7. The number of aliphatic hydroxyl groups excluding tert-OH is 6. The van der Waals surface area contributed by atoms with E-state index in [1.54, 1.807) is 0 Å². The first-order valence-electron chi connectivity index (χ1n) is 25.3. The first kappa shape index (κ1) is 57.0. The topological polar surface area (TPSA) is 150 Å². The summed E-state index contributed by atoms with van der Waals surface area (Å²) in [5.74, 6) is -0.728. The number of amides is 1. The second-order valence-electron chi connectivity index (χ2n) is 17.8. The van der Waals surface area contributed by atoms with Crippen molar-refractivity contribution in [2.75, 3.05) is 6.61 Å². The van der Waals surface area contributed by atoms with Crippen LogP contribution in [0.4, 0.5) is 0 Å². The van der Waals surface area contributed by atoms with Crippen LogP contribution in [0, 0.1) is 0 Å². The highest BCUT2D eigenvalue weighted by molar-refractivity contribution is 5.80. The van der Waals surface area contributed by atoms with Gasteiger partial charge in [0.05, 0.1) is 18.8 Å². The van der Waals surface area contributed by atoms with E-state index in [2.05, 4.69) is 31.3 Å². The molecule has 0 spiro atoms. The van der Waals surface area contributed by atoms with Crippen LogP contribution in [-0.4, -0.2) is 79.7 Å². The van der Waals surface area contributed by atoms with E-state index >= 15 is 0 Å². The molecule has 0 saturated carbocycles. The van der Waals surface area contributed by atoms with Crippen molar-refractivity contribution in [1.29, 1.82) is 0 Å². The zero-order valence-corrected chi connectivity index (χ0v) is 38.3. The molecule has 0 heterocycles. The lowest BCUT2D eigenvalue weighted by Crippen LogP contribution is -2.57. The van der Waals surface area contributed by atoms with Crippen molar-refractivity contribution in [3.63, 3.8) is 0 Å². The Morgan fingerprint density at radius 1 is 0.414 bits per heavy atom. The van der Waals surface area contributed by atoms with Crippen LogP contribution in [0.2, 0.25) is 0 Å². The molecule has 346 valence electrons. The molecule has 0 fully saturated rings. The lowest BCUT2D eigenvalue weighted by Gasteiger charge is -2.31. The molecule has 0 bridgehead atoms. The first-order chi connectivity index (χ1) is 28.3. The van der Waals surface area contributed by atoms with Crippen LogP contribution in [0.5, 0.6) is 0 Å². The maximum Gasteiger partial charge on any atom is 0.249 e. The van der Waals surface area contributed by atoms with Crippen molar-refractivity contribution in [1.82, 2.24) is 5.32 Å². The van der Waals surface area contributed by atoms with E-state index in [1.165, 1.54) is 180 Å². The summed E-state index contributed by atoms with van der Waals surface area (Å²) in [6.45, 7) is 3.83. The Kier molecular flexibility index (Phi) is 43.3. The van der Waals surface area contributed by atoms with Gasteiger partial charge in [0, 0.05) is 0 Å². The quantitative estimate of drug-likeness (QED) is 0.0238. The number of aliphatic hydroxyl groups is 6. The fraction of sp³-hybridized carbons (Fsp3) is 0.940. The van der Waals surface area contributed by atoms with Gasteiger partial charge in [-0.05, 0) is 38.5 Å². The zero-order chi connectivity index (χ0) is 42.7. The van der Waals surface area contributed by atoms with Gasteiger partial charge in [0.15, 0.2) is 0 Å². The Bertz CT molecular complexity index is 873. The van der Waals surface area contributed by atoms with Crippen molar-refractivity contribution < 1.29 is 35.4 Å². The van der Waals surface area contributed by atoms with E-state index < -0.39 is 49.1 Å². The molecule has 1 amide bonds. The van der Waals surface area contributed by atoms with Crippen LogP contribution in [-0.2, 0) is 4.79 Å². The largest absolute Gasteiger partial charge is 0.394 e. The van der Waals surface area contributed by atoms with Crippen LogP contribution in [0.3, 0.4) is 0 Å². The van der Waals surface area contributed by atoms with Crippen molar-refractivity contribution in [2.45, 2.75) is 294 Å². The molecule has 0 aliphatic heterocycles. The highest BCUT2D eigenvalue weighted by Crippen LogP contribution is 2.18.